The molecule has 11 rings (SSSR count). The summed E-state index contributed by atoms with van der Waals surface area (Å²) in [5.74, 6) is 0.942. The lowest BCUT2D eigenvalue weighted by atomic mass is 9.85. The first-order valence-electron chi connectivity index (χ1n) is 17.4. The Labute approximate surface area is 288 Å². The molecule has 0 bridgehead atoms. The first kappa shape index (κ1) is 27.6. The number of furan rings is 2. The highest BCUT2D eigenvalue weighted by Crippen LogP contribution is 2.47. The highest BCUT2D eigenvalue weighted by Gasteiger charge is 2.24. The summed E-state index contributed by atoms with van der Waals surface area (Å²) in [7, 11) is 0. The zero-order valence-corrected chi connectivity index (χ0v) is 27.2. The molecular weight excluding hydrogens is 609 g/mol. The highest BCUT2D eigenvalue weighted by atomic mass is 16.3. The molecular formula is C48H30O2. The van der Waals surface area contributed by atoms with Gasteiger partial charge in [0.05, 0.1) is 5.39 Å². The molecule has 0 spiro atoms. The number of hydrogen-bond donors (Lipinski definition) is 0. The second kappa shape index (κ2) is 10.6. The third-order valence-electron chi connectivity index (χ3n) is 10.7. The van der Waals surface area contributed by atoms with Gasteiger partial charge in [-0.05, 0) is 103 Å². The van der Waals surface area contributed by atoms with Gasteiger partial charge in [-0.15, -0.1) is 0 Å². The number of rotatable bonds is 3. The summed E-state index contributed by atoms with van der Waals surface area (Å²) in [6.45, 7) is 0. The standard InChI is InChI=1S/C48H30O2/c1-2-13-30-26-33(25-24-29(30)12-1)45-37-19-5-3-17-35(37)44(36-18-4-6-20-38(36)45)32-15-11-14-31(27-32)40-28-41-34-16-7-9-22-42(34)49-48(41)46-39-21-8-10-23-43(39)50-47(40)46/h1-7,9-20,22-28H,8,21H2. The van der Waals surface area contributed by atoms with E-state index in [9.17, 15) is 0 Å². The summed E-state index contributed by atoms with van der Waals surface area (Å²) >= 11 is 0. The first-order valence-corrected chi connectivity index (χ1v) is 17.4. The smallest absolute Gasteiger partial charge is 0.146 e. The van der Waals surface area contributed by atoms with E-state index in [-0.39, 0.29) is 0 Å². The van der Waals surface area contributed by atoms with Crippen LogP contribution in [-0.4, -0.2) is 0 Å². The molecule has 2 heterocycles. The van der Waals surface area contributed by atoms with Crippen molar-refractivity contribution in [2.75, 3.05) is 0 Å². The van der Waals surface area contributed by atoms with E-state index < -0.39 is 0 Å². The lowest BCUT2D eigenvalue weighted by Gasteiger charge is -2.18. The molecule has 0 fully saturated rings. The fourth-order valence-corrected chi connectivity index (χ4v) is 8.47. The summed E-state index contributed by atoms with van der Waals surface area (Å²) in [6, 6.07) is 52.9. The summed E-state index contributed by atoms with van der Waals surface area (Å²) in [5, 5.41) is 10.8. The lowest BCUT2D eigenvalue weighted by Crippen LogP contribution is -1.91. The van der Waals surface area contributed by atoms with Gasteiger partial charge in [0.15, 0.2) is 0 Å². The van der Waals surface area contributed by atoms with Gasteiger partial charge >= 0.3 is 0 Å². The summed E-state index contributed by atoms with van der Waals surface area (Å²) in [5.41, 5.74) is 11.1. The maximum absolute atomic E-state index is 6.71. The Kier molecular flexibility index (Phi) is 5.82. The molecule has 234 valence electrons. The number of fused-ring (bicyclic) bond motifs is 10. The van der Waals surface area contributed by atoms with Crippen LogP contribution in [0.1, 0.15) is 17.7 Å². The van der Waals surface area contributed by atoms with Gasteiger partial charge in [0.2, 0.25) is 0 Å². The molecule has 0 saturated heterocycles. The lowest BCUT2D eigenvalue weighted by molar-refractivity contribution is 0.596. The normalized spacial score (nSPS) is 13.0. The molecule has 2 aromatic heterocycles. The average Bonchev–Trinajstić information content (AvgIpc) is 3.75. The topological polar surface area (TPSA) is 26.3 Å². The minimum Gasteiger partial charge on any atom is -0.456 e. The molecule has 0 amide bonds. The van der Waals surface area contributed by atoms with Gasteiger partial charge in [-0.1, -0.05) is 127 Å². The van der Waals surface area contributed by atoms with E-state index >= 15 is 0 Å². The maximum Gasteiger partial charge on any atom is 0.146 e. The molecule has 10 aromatic rings. The Morgan fingerprint density at radius 1 is 0.440 bits per heavy atom. The fourth-order valence-electron chi connectivity index (χ4n) is 8.47. The Bertz CT molecular complexity index is 2980. The van der Waals surface area contributed by atoms with E-state index in [1.165, 1.54) is 60.1 Å². The largest absolute Gasteiger partial charge is 0.456 e. The van der Waals surface area contributed by atoms with Gasteiger partial charge in [0.25, 0.3) is 0 Å². The third kappa shape index (κ3) is 3.96. The van der Waals surface area contributed by atoms with Crippen molar-refractivity contribution in [3.8, 4) is 33.4 Å². The van der Waals surface area contributed by atoms with Crippen LogP contribution in [0.4, 0.5) is 0 Å². The monoisotopic (exact) mass is 638 g/mol. The van der Waals surface area contributed by atoms with Gasteiger partial charge in [-0.2, -0.15) is 0 Å². The van der Waals surface area contributed by atoms with Gasteiger partial charge < -0.3 is 8.83 Å². The van der Waals surface area contributed by atoms with Crippen LogP contribution in [0.2, 0.25) is 0 Å². The highest BCUT2D eigenvalue weighted by molar-refractivity contribution is 6.23. The van der Waals surface area contributed by atoms with Crippen LogP contribution < -0.4 is 0 Å². The van der Waals surface area contributed by atoms with Crippen molar-refractivity contribution in [3.05, 3.63) is 163 Å². The first-order chi connectivity index (χ1) is 24.8. The molecule has 0 unspecified atom stereocenters. The van der Waals surface area contributed by atoms with Crippen molar-refractivity contribution in [2.24, 2.45) is 0 Å². The van der Waals surface area contributed by atoms with E-state index in [1.807, 2.05) is 6.07 Å². The quantitative estimate of drug-likeness (QED) is 0.180. The van der Waals surface area contributed by atoms with Crippen LogP contribution in [0, 0.1) is 0 Å². The van der Waals surface area contributed by atoms with Crippen LogP contribution in [0.5, 0.6) is 0 Å². The van der Waals surface area contributed by atoms with Crippen LogP contribution in [0.25, 0.3) is 105 Å². The van der Waals surface area contributed by atoms with Crippen molar-refractivity contribution in [2.45, 2.75) is 12.8 Å². The molecule has 50 heavy (non-hydrogen) atoms. The van der Waals surface area contributed by atoms with Gasteiger partial charge in [-0.3, -0.25) is 0 Å². The molecule has 0 N–H and O–H groups in total. The second-order valence-electron chi connectivity index (χ2n) is 13.5. The number of allylic oxidation sites excluding steroid dienone is 1. The van der Waals surface area contributed by atoms with E-state index in [1.54, 1.807) is 0 Å². The predicted molar refractivity (Wildman–Crippen MR) is 210 cm³/mol. The van der Waals surface area contributed by atoms with Crippen molar-refractivity contribution < 1.29 is 8.83 Å². The Hall–Kier alpha value is -6.38. The molecule has 0 atom stereocenters. The van der Waals surface area contributed by atoms with Gasteiger partial charge in [0, 0.05) is 21.9 Å². The zero-order chi connectivity index (χ0) is 32.8. The Morgan fingerprint density at radius 3 is 1.84 bits per heavy atom. The van der Waals surface area contributed by atoms with Crippen molar-refractivity contribution in [1.29, 1.82) is 0 Å². The number of benzene rings is 8. The molecule has 2 heteroatoms. The number of hydrogen-bond acceptors (Lipinski definition) is 2. The minimum absolute atomic E-state index is 0.895. The van der Waals surface area contributed by atoms with Crippen molar-refractivity contribution in [1.82, 2.24) is 0 Å². The number of para-hydroxylation sites is 1. The predicted octanol–water partition coefficient (Wildman–Crippen LogP) is 13.8. The van der Waals surface area contributed by atoms with Crippen LogP contribution in [-0.2, 0) is 6.42 Å². The summed E-state index contributed by atoms with van der Waals surface area (Å²) in [4.78, 5) is 0. The molecule has 0 aliphatic heterocycles. The molecule has 8 aromatic carbocycles. The maximum atomic E-state index is 6.71. The third-order valence-corrected chi connectivity index (χ3v) is 10.7. The van der Waals surface area contributed by atoms with Gasteiger partial charge in [0.1, 0.15) is 22.5 Å². The molecule has 0 saturated carbocycles. The van der Waals surface area contributed by atoms with Crippen molar-refractivity contribution in [3.63, 3.8) is 0 Å². The molecule has 2 nitrogen and oxygen atoms in total. The summed E-state index contributed by atoms with van der Waals surface area (Å²) in [6.07, 6.45) is 6.27. The minimum atomic E-state index is 0.895. The van der Waals surface area contributed by atoms with Gasteiger partial charge in [-0.25, -0.2) is 0 Å². The molecule has 1 aliphatic carbocycles. The number of aryl methyl sites for hydroxylation is 1. The van der Waals surface area contributed by atoms with E-state index in [0.717, 1.165) is 62.6 Å². The summed E-state index contributed by atoms with van der Waals surface area (Å²) < 4.78 is 13.3. The van der Waals surface area contributed by atoms with E-state index in [2.05, 4.69) is 152 Å². The zero-order valence-electron chi connectivity index (χ0n) is 27.2. The SMILES string of the molecule is C1=Cc2oc3c(-c4cccc(-c5c6ccccc6c(-c6ccc7ccccc7c6)c6ccccc56)c4)cc4c5ccccc5oc4c3c2CC1. The average molecular weight is 639 g/mol. The van der Waals surface area contributed by atoms with E-state index in [4.69, 9.17) is 8.83 Å². The molecule has 0 radical (unpaired) electrons. The Balaban J connectivity index is 1.19. The van der Waals surface area contributed by atoms with Crippen LogP contribution in [0.3, 0.4) is 0 Å². The Morgan fingerprint density at radius 2 is 1.08 bits per heavy atom. The van der Waals surface area contributed by atoms with Crippen LogP contribution in [0.15, 0.2) is 161 Å². The molecule has 1 aliphatic rings. The second-order valence-corrected chi connectivity index (χ2v) is 13.5. The fraction of sp³-hybridized carbons (Fsp3) is 0.0417. The van der Waals surface area contributed by atoms with E-state index in [0.29, 0.717) is 0 Å². The van der Waals surface area contributed by atoms with Crippen LogP contribution >= 0.6 is 0 Å². The van der Waals surface area contributed by atoms with Crippen molar-refractivity contribution >= 4 is 71.3 Å².